The van der Waals surface area contributed by atoms with Crippen LogP contribution in [0.3, 0.4) is 0 Å². The molecule has 23 heavy (non-hydrogen) atoms. The number of hydrogen-bond acceptors (Lipinski definition) is 3. The van der Waals surface area contributed by atoms with E-state index in [4.69, 9.17) is 9.16 Å². The van der Waals surface area contributed by atoms with Crippen molar-refractivity contribution in [3.8, 4) is 0 Å². The van der Waals surface area contributed by atoms with Crippen LogP contribution in [0, 0.1) is 0 Å². The highest BCUT2D eigenvalue weighted by molar-refractivity contribution is 6.72. The van der Waals surface area contributed by atoms with Crippen molar-refractivity contribution in [2.24, 2.45) is 0 Å². The smallest absolute Gasteiger partial charge is 0.346 e. The van der Waals surface area contributed by atoms with Crippen LogP contribution in [0.25, 0.3) is 0 Å². The van der Waals surface area contributed by atoms with Crippen molar-refractivity contribution >= 4 is 8.56 Å². The van der Waals surface area contributed by atoms with Crippen LogP contribution < -0.4 is 0 Å². The molecule has 0 saturated carbocycles. The van der Waals surface area contributed by atoms with Gasteiger partial charge in [0.15, 0.2) is 0 Å². The maximum Gasteiger partial charge on any atom is 0.346 e. The Hall–Kier alpha value is 0.0969. The SMILES string of the molecule is CCCCCC[C@H]1CC[C@H](CO[Si](O)(C(C)(C)C)C(C)(C)C)O1. The predicted molar refractivity (Wildman–Crippen MR) is 100 cm³/mol. The lowest BCUT2D eigenvalue weighted by molar-refractivity contribution is 0.00190. The Morgan fingerprint density at radius 3 is 2.04 bits per heavy atom. The maximum atomic E-state index is 11.3. The van der Waals surface area contributed by atoms with E-state index < -0.39 is 8.56 Å². The minimum atomic E-state index is -2.86. The standard InChI is InChI=1S/C19H40O3Si/c1-8-9-10-11-12-16-13-14-17(22-16)15-21-23(20,18(2,3)4)19(5,6)7/h16-17,20H,8-15H2,1-7H3/t16-,17+/m0/s1. The van der Waals surface area contributed by atoms with Crippen LogP contribution in [0.15, 0.2) is 0 Å². The lowest BCUT2D eigenvalue weighted by Gasteiger charge is -2.45. The molecule has 0 aromatic carbocycles. The molecule has 4 heteroatoms. The molecule has 138 valence electrons. The lowest BCUT2D eigenvalue weighted by Crippen LogP contribution is -2.55. The van der Waals surface area contributed by atoms with Gasteiger partial charge in [0.25, 0.3) is 0 Å². The van der Waals surface area contributed by atoms with Gasteiger partial charge in [-0.1, -0.05) is 74.1 Å². The third-order valence-electron chi connectivity index (χ3n) is 5.09. The minimum Gasteiger partial charge on any atom is -0.410 e. The first-order valence-corrected chi connectivity index (χ1v) is 11.4. The molecule has 0 bridgehead atoms. The highest BCUT2D eigenvalue weighted by atomic mass is 28.4. The van der Waals surface area contributed by atoms with Gasteiger partial charge >= 0.3 is 8.56 Å². The number of ether oxygens (including phenoxy) is 1. The molecule has 1 heterocycles. The summed E-state index contributed by atoms with van der Waals surface area (Å²) in [5.41, 5.74) is 0. The molecule has 1 fully saturated rings. The van der Waals surface area contributed by atoms with Gasteiger partial charge in [0, 0.05) is 10.1 Å². The summed E-state index contributed by atoms with van der Waals surface area (Å²) in [5.74, 6) is 0. The summed E-state index contributed by atoms with van der Waals surface area (Å²) in [4.78, 5) is 11.3. The second-order valence-electron chi connectivity index (χ2n) is 9.26. The van der Waals surface area contributed by atoms with Crippen molar-refractivity contribution in [2.75, 3.05) is 6.61 Å². The molecule has 1 aliphatic heterocycles. The second-order valence-corrected chi connectivity index (χ2v) is 13.8. The summed E-state index contributed by atoms with van der Waals surface area (Å²) >= 11 is 0. The Balaban J connectivity index is 2.45. The highest BCUT2D eigenvalue weighted by Gasteiger charge is 2.55. The zero-order chi connectivity index (χ0) is 17.7. The second kappa shape index (κ2) is 8.46. The number of hydrogen-bond donors (Lipinski definition) is 1. The van der Waals surface area contributed by atoms with Crippen molar-refractivity contribution in [1.82, 2.24) is 0 Å². The molecular formula is C19H40O3Si. The first kappa shape index (κ1) is 21.1. The summed E-state index contributed by atoms with van der Waals surface area (Å²) in [5, 5.41) is -0.410. The molecular weight excluding hydrogens is 304 g/mol. The zero-order valence-corrected chi connectivity index (χ0v) is 17.6. The molecule has 0 aliphatic carbocycles. The first-order chi connectivity index (χ1) is 10.5. The molecule has 1 rings (SSSR count). The summed E-state index contributed by atoms with van der Waals surface area (Å²) in [6.45, 7) is 15.4. The van der Waals surface area contributed by atoms with E-state index in [1.165, 1.54) is 32.1 Å². The first-order valence-electron chi connectivity index (χ1n) is 9.53. The van der Waals surface area contributed by atoms with E-state index in [9.17, 15) is 4.80 Å². The van der Waals surface area contributed by atoms with Gasteiger partial charge in [-0.25, -0.2) is 0 Å². The molecule has 1 aliphatic rings. The average molecular weight is 345 g/mol. The topological polar surface area (TPSA) is 38.7 Å². The van der Waals surface area contributed by atoms with Crippen LogP contribution in [0.2, 0.25) is 10.1 Å². The largest absolute Gasteiger partial charge is 0.410 e. The molecule has 0 radical (unpaired) electrons. The van der Waals surface area contributed by atoms with Gasteiger partial charge in [0.05, 0.1) is 18.8 Å². The third-order valence-corrected chi connectivity index (χ3v) is 9.74. The molecule has 1 saturated heterocycles. The lowest BCUT2D eigenvalue weighted by atomic mass is 10.1. The van der Waals surface area contributed by atoms with Gasteiger partial charge in [-0.15, -0.1) is 0 Å². The predicted octanol–water partition coefficient (Wildman–Crippen LogP) is 5.56. The summed E-state index contributed by atoms with van der Waals surface area (Å²) in [6, 6.07) is 0. The van der Waals surface area contributed by atoms with Gasteiger partial charge in [-0.2, -0.15) is 0 Å². The van der Waals surface area contributed by atoms with Gasteiger partial charge < -0.3 is 14.0 Å². The van der Waals surface area contributed by atoms with Gasteiger partial charge in [0.1, 0.15) is 0 Å². The van der Waals surface area contributed by atoms with E-state index in [1.54, 1.807) is 0 Å². The summed E-state index contributed by atoms with van der Waals surface area (Å²) in [7, 11) is -2.86. The Labute approximate surface area is 145 Å². The quantitative estimate of drug-likeness (QED) is 0.463. The molecule has 0 spiro atoms. The fraction of sp³-hybridized carbons (Fsp3) is 1.00. The van der Waals surface area contributed by atoms with Crippen LogP contribution in [0.1, 0.15) is 93.4 Å². The van der Waals surface area contributed by atoms with E-state index >= 15 is 0 Å². The Bertz CT molecular complexity index is 330. The fourth-order valence-electron chi connectivity index (χ4n) is 3.69. The maximum absolute atomic E-state index is 11.3. The Kier molecular flexibility index (Phi) is 7.78. The van der Waals surface area contributed by atoms with Crippen LogP contribution in [0.5, 0.6) is 0 Å². The Morgan fingerprint density at radius 1 is 0.957 bits per heavy atom. The van der Waals surface area contributed by atoms with Crippen LogP contribution >= 0.6 is 0 Å². The normalized spacial score (nSPS) is 23.5. The van der Waals surface area contributed by atoms with Crippen LogP contribution in [-0.4, -0.2) is 32.2 Å². The van der Waals surface area contributed by atoms with Gasteiger partial charge in [0.2, 0.25) is 0 Å². The highest BCUT2D eigenvalue weighted by Crippen LogP contribution is 2.49. The van der Waals surface area contributed by atoms with Crippen LogP contribution in [-0.2, 0) is 9.16 Å². The van der Waals surface area contributed by atoms with Crippen molar-refractivity contribution in [2.45, 2.75) is 116 Å². The fourth-order valence-corrected chi connectivity index (χ4v) is 7.23. The van der Waals surface area contributed by atoms with Crippen molar-refractivity contribution in [3.05, 3.63) is 0 Å². The molecule has 2 atom stereocenters. The molecule has 0 aromatic rings. The molecule has 3 nitrogen and oxygen atoms in total. The zero-order valence-electron chi connectivity index (χ0n) is 16.6. The van der Waals surface area contributed by atoms with Crippen molar-refractivity contribution < 1.29 is 14.0 Å². The summed E-state index contributed by atoms with van der Waals surface area (Å²) in [6.07, 6.45) is 9.15. The number of rotatable bonds is 8. The van der Waals surface area contributed by atoms with E-state index in [-0.39, 0.29) is 16.2 Å². The van der Waals surface area contributed by atoms with Crippen molar-refractivity contribution in [1.29, 1.82) is 0 Å². The number of unbranched alkanes of at least 4 members (excludes halogenated alkanes) is 3. The van der Waals surface area contributed by atoms with E-state index in [0.717, 1.165) is 12.8 Å². The van der Waals surface area contributed by atoms with E-state index in [2.05, 4.69) is 48.5 Å². The Morgan fingerprint density at radius 2 is 1.52 bits per heavy atom. The third kappa shape index (κ3) is 5.84. The molecule has 0 amide bonds. The molecule has 0 unspecified atom stereocenters. The molecule has 0 aromatic heterocycles. The van der Waals surface area contributed by atoms with Crippen molar-refractivity contribution in [3.63, 3.8) is 0 Å². The summed E-state index contributed by atoms with van der Waals surface area (Å²) < 4.78 is 12.4. The monoisotopic (exact) mass is 344 g/mol. The van der Waals surface area contributed by atoms with Gasteiger partial charge in [-0.3, -0.25) is 0 Å². The average Bonchev–Trinajstić information content (AvgIpc) is 2.86. The van der Waals surface area contributed by atoms with Crippen LogP contribution in [0.4, 0.5) is 0 Å². The minimum absolute atomic E-state index is 0.162. The van der Waals surface area contributed by atoms with E-state index in [1.807, 2.05) is 0 Å². The van der Waals surface area contributed by atoms with Gasteiger partial charge in [-0.05, 0) is 19.3 Å². The van der Waals surface area contributed by atoms with E-state index in [0.29, 0.717) is 12.7 Å². The molecule has 1 N–H and O–H groups in total.